The number of carbonyl (C=O) groups is 1. The number of amides is 1. The van der Waals surface area contributed by atoms with E-state index in [2.05, 4.69) is 10.6 Å². The Morgan fingerprint density at radius 3 is 2.20 bits per heavy atom. The van der Waals surface area contributed by atoms with Gasteiger partial charge in [0.25, 0.3) is 0 Å². The number of aryl methyl sites for hydroxylation is 1. The number of hydrogen-bond acceptors (Lipinski definition) is 5. The molecule has 0 bridgehead atoms. The maximum absolute atomic E-state index is 12.2. The lowest BCUT2D eigenvalue weighted by Gasteiger charge is -2.15. The van der Waals surface area contributed by atoms with Crippen molar-refractivity contribution in [2.75, 3.05) is 38.5 Å². The average Bonchev–Trinajstić information content (AvgIpc) is 2.62. The molecule has 0 radical (unpaired) electrons. The van der Waals surface area contributed by atoms with Gasteiger partial charge in [-0.05, 0) is 31.0 Å². The van der Waals surface area contributed by atoms with E-state index in [0.29, 0.717) is 22.9 Å². The number of nitrogens with one attached hydrogen (secondary N) is 2. The Morgan fingerprint density at radius 1 is 1.00 bits per heavy atom. The summed E-state index contributed by atoms with van der Waals surface area (Å²) in [6, 6.07) is 9.33. The van der Waals surface area contributed by atoms with Crippen LogP contribution in [0.15, 0.2) is 30.3 Å². The predicted molar refractivity (Wildman–Crippen MR) is 99.1 cm³/mol. The molecule has 2 aromatic carbocycles. The van der Waals surface area contributed by atoms with E-state index in [4.69, 9.17) is 14.2 Å². The zero-order valence-electron chi connectivity index (χ0n) is 15.2. The van der Waals surface area contributed by atoms with Gasteiger partial charge < -0.3 is 24.8 Å². The van der Waals surface area contributed by atoms with E-state index in [9.17, 15) is 4.79 Å². The largest absolute Gasteiger partial charge is 0.493 e. The summed E-state index contributed by atoms with van der Waals surface area (Å²) in [5.74, 6) is 1.28. The lowest BCUT2D eigenvalue weighted by Crippen LogP contribution is -2.22. The zero-order valence-corrected chi connectivity index (χ0v) is 15.2. The van der Waals surface area contributed by atoms with Crippen LogP contribution in [0.5, 0.6) is 17.2 Å². The third kappa shape index (κ3) is 4.35. The molecule has 2 rings (SSSR count). The van der Waals surface area contributed by atoms with Crippen molar-refractivity contribution in [2.45, 2.75) is 13.8 Å². The first-order chi connectivity index (χ1) is 12.0. The van der Waals surface area contributed by atoms with E-state index in [-0.39, 0.29) is 12.5 Å². The molecule has 6 heteroatoms. The lowest BCUT2D eigenvalue weighted by atomic mass is 10.1. The van der Waals surface area contributed by atoms with Gasteiger partial charge in [0.1, 0.15) is 0 Å². The van der Waals surface area contributed by atoms with Crippen LogP contribution in [0.3, 0.4) is 0 Å². The molecular formula is C19H24N2O4. The molecule has 0 spiro atoms. The summed E-state index contributed by atoms with van der Waals surface area (Å²) in [5, 5.41) is 5.98. The van der Waals surface area contributed by atoms with Gasteiger partial charge in [0.15, 0.2) is 11.5 Å². The third-order valence-electron chi connectivity index (χ3n) is 3.99. The fraction of sp³-hybridized carbons (Fsp3) is 0.316. The number of methoxy groups -OCH3 is 3. The number of hydrogen-bond donors (Lipinski definition) is 2. The molecule has 1 amide bonds. The molecular weight excluding hydrogens is 320 g/mol. The Kier molecular flexibility index (Phi) is 6.11. The molecule has 0 heterocycles. The maximum Gasteiger partial charge on any atom is 0.243 e. The second-order valence-corrected chi connectivity index (χ2v) is 5.56. The first kappa shape index (κ1) is 18.4. The van der Waals surface area contributed by atoms with Gasteiger partial charge in [0.2, 0.25) is 11.7 Å². The molecule has 134 valence electrons. The Morgan fingerprint density at radius 2 is 1.64 bits per heavy atom. The second kappa shape index (κ2) is 8.28. The molecule has 25 heavy (non-hydrogen) atoms. The van der Waals surface area contributed by atoms with Crippen LogP contribution in [0.4, 0.5) is 11.4 Å². The minimum Gasteiger partial charge on any atom is -0.493 e. The Bertz CT molecular complexity index is 734. The highest BCUT2D eigenvalue weighted by molar-refractivity contribution is 5.94. The number of anilines is 2. The van der Waals surface area contributed by atoms with Crippen molar-refractivity contribution >= 4 is 17.3 Å². The molecule has 0 fully saturated rings. The standard InChI is InChI=1S/C19H24N2O4/c1-12-7-6-8-15(13(12)2)20-11-18(22)21-14-9-16(23-3)19(25-5)17(10-14)24-4/h6-10,20H,11H2,1-5H3,(H,21,22). The summed E-state index contributed by atoms with van der Waals surface area (Å²) in [7, 11) is 4.60. The Labute approximate surface area is 148 Å². The summed E-state index contributed by atoms with van der Waals surface area (Å²) in [5.41, 5.74) is 3.82. The fourth-order valence-electron chi connectivity index (χ4n) is 2.48. The van der Waals surface area contributed by atoms with Crippen molar-refractivity contribution in [1.82, 2.24) is 0 Å². The maximum atomic E-state index is 12.2. The van der Waals surface area contributed by atoms with Crippen molar-refractivity contribution in [3.05, 3.63) is 41.5 Å². The summed E-state index contributed by atoms with van der Waals surface area (Å²) in [6.07, 6.45) is 0. The molecule has 0 aliphatic heterocycles. The first-order valence-corrected chi connectivity index (χ1v) is 7.90. The van der Waals surface area contributed by atoms with E-state index in [1.54, 1.807) is 12.1 Å². The van der Waals surface area contributed by atoms with E-state index >= 15 is 0 Å². The van der Waals surface area contributed by atoms with E-state index in [1.165, 1.54) is 26.9 Å². The molecule has 0 aliphatic carbocycles. The summed E-state index contributed by atoms with van der Waals surface area (Å²) >= 11 is 0. The molecule has 0 saturated heterocycles. The fourth-order valence-corrected chi connectivity index (χ4v) is 2.48. The van der Waals surface area contributed by atoms with Crippen LogP contribution in [-0.4, -0.2) is 33.8 Å². The van der Waals surface area contributed by atoms with E-state index in [0.717, 1.165) is 11.3 Å². The van der Waals surface area contributed by atoms with Gasteiger partial charge in [-0.15, -0.1) is 0 Å². The number of carbonyl (C=O) groups excluding carboxylic acids is 1. The van der Waals surface area contributed by atoms with E-state index in [1.807, 2.05) is 32.0 Å². The van der Waals surface area contributed by atoms with Crippen molar-refractivity contribution < 1.29 is 19.0 Å². The number of rotatable bonds is 7. The van der Waals surface area contributed by atoms with Crippen LogP contribution in [0.25, 0.3) is 0 Å². The topological polar surface area (TPSA) is 68.8 Å². The van der Waals surface area contributed by atoms with Crippen LogP contribution in [0, 0.1) is 13.8 Å². The molecule has 0 aliphatic rings. The molecule has 0 unspecified atom stereocenters. The van der Waals surface area contributed by atoms with Crippen LogP contribution >= 0.6 is 0 Å². The van der Waals surface area contributed by atoms with Gasteiger partial charge in [0.05, 0.1) is 27.9 Å². The number of benzene rings is 2. The van der Waals surface area contributed by atoms with Gasteiger partial charge in [0, 0.05) is 23.5 Å². The Balaban J connectivity index is 2.08. The normalized spacial score (nSPS) is 10.1. The smallest absolute Gasteiger partial charge is 0.243 e. The molecule has 2 aromatic rings. The number of ether oxygens (including phenoxy) is 3. The van der Waals surface area contributed by atoms with Gasteiger partial charge in [-0.1, -0.05) is 12.1 Å². The molecule has 2 N–H and O–H groups in total. The van der Waals surface area contributed by atoms with Gasteiger partial charge >= 0.3 is 0 Å². The van der Waals surface area contributed by atoms with Gasteiger partial charge in [-0.2, -0.15) is 0 Å². The van der Waals surface area contributed by atoms with Crippen LogP contribution in [0.1, 0.15) is 11.1 Å². The highest BCUT2D eigenvalue weighted by atomic mass is 16.5. The Hall–Kier alpha value is -2.89. The van der Waals surface area contributed by atoms with E-state index < -0.39 is 0 Å². The van der Waals surface area contributed by atoms with Crippen LogP contribution in [-0.2, 0) is 4.79 Å². The quantitative estimate of drug-likeness (QED) is 0.806. The monoisotopic (exact) mass is 344 g/mol. The van der Waals surface area contributed by atoms with Crippen molar-refractivity contribution in [2.24, 2.45) is 0 Å². The van der Waals surface area contributed by atoms with Gasteiger partial charge in [-0.3, -0.25) is 4.79 Å². The molecule has 0 aromatic heterocycles. The SMILES string of the molecule is COc1cc(NC(=O)CNc2cccc(C)c2C)cc(OC)c1OC. The minimum atomic E-state index is -0.171. The lowest BCUT2D eigenvalue weighted by molar-refractivity contribution is -0.114. The van der Waals surface area contributed by atoms with Crippen LogP contribution < -0.4 is 24.8 Å². The first-order valence-electron chi connectivity index (χ1n) is 7.90. The van der Waals surface area contributed by atoms with Crippen LogP contribution in [0.2, 0.25) is 0 Å². The average molecular weight is 344 g/mol. The highest BCUT2D eigenvalue weighted by Crippen LogP contribution is 2.39. The summed E-state index contributed by atoms with van der Waals surface area (Å²) in [6.45, 7) is 4.21. The molecule has 6 nitrogen and oxygen atoms in total. The van der Waals surface area contributed by atoms with Crippen molar-refractivity contribution in [3.63, 3.8) is 0 Å². The minimum absolute atomic E-state index is 0.154. The second-order valence-electron chi connectivity index (χ2n) is 5.56. The third-order valence-corrected chi connectivity index (χ3v) is 3.99. The summed E-state index contributed by atoms with van der Waals surface area (Å²) < 4.78 is 15.8. The molecule has 0 atom stereocenters. The van der Waals surface area contributed by atoms with Crippen molar-refractivity contribution in [3.8, 4) is 17.2 Å². The summed E-state index contributed by atoms with van der Waals surface area (Å²) in [4.78, 5) is 12.2. The predicted octanol–water partition coefficient (Wildman–Crippen LogP) is 3.38. The highest BCUT2D eigenvalue weighted by Gasteiger charge is 2.14. The molecule has 0 saturated carbocycles. The van der Waals surface area contributed by atoms with Crippen molar-refractivity contribution in [1.29, 1.82) is 0 Å². The van der Waals surface area contributed by atoms with Gasteiger partial charge in [-0.25, -0.2) is 0 Å². The zero-order chi connectivity index (χ0) is 18.4.